The molecule has 2 aromatic rings. The SMILES string of the molecule is CCOc1ccc(S(=O)(=O)N2CCC(c3ccccc3Cl)S(=O)(=O)CC2)cc1F. The molecule has 0 bridgehead atoms. The fourth-order valence-corrected chi connectivity index (χ4v) is 7.05. The fraction of sp³-hybridized carbons (Fsp3) is 0.368. The van der Waals surface area contributed by atoms with Gasteiger partial charge in [0.15, 0.2) is 21.4 Å². The molecule has 1 atom stereocenters. The van der Waals surface area contributed by atoms with Crippen LogP contribution in [-0.4, -0.2) is 46.6 Å². The van der Waals surface area contributed by atoms with Gasteiger partial charge in [0.25, 0.3) is 0 Å². The predicted octanol–water partition coefficient (Wildman–Crippen LogP) is 3.43. The van der Waals surface area contributed by atoms with Crippen molar-refractivity contribution in [3.63, 3.8) is 0 Å². The van der Waals surface area contributed by atoms with E-state index in [0.29, 0.717) is 10.6 Å². The molecule has 0 N–H and O–H groups in total. The largest absolute Gasteiger partial charge is 0.491 e. The van der Waals surface area contributed by atoms with Crippen LogP contribution in [0.3, 0.4) is 0 Å². The minimum Gasteiger partial charge on any atom is -0.491 e. The first-order valence-corrected chi connectivity index (χ1v) is 12.6. The number of sulfonamides is 1. The summed E-state index contributed by atoms with van der Waals surface area (Å²) in [5, 5.41) is -0.570. The Morgan fingerprint density at radius 3 is 2.59 bits per heavy atom. The van der Waals surface area contributed by atoms with Gasteiger partial charge in [0.2, 0.25) is 10.0 Å². The van der Waals surface area contributed by atoms with Crippen LogP contribution in [0.5, 0.6) is 5.75 Å². The van der Waals surface area contributed by atoms with Gasteiger partial charge in [0, 0.05) is 18.1 Å². The number of halogens is 2. The highest BCUT2D eigenvalue weighted by molar-refractivity contribution is 7.92. The number of sulfone groups is 1. The van der Waals surface area contributed by atoms with E-state index >= 15 is 0 Å². The Morgan fingerprint density at radius 2 is 1.93 bits per heavy atom. The summed E-state index contributed by atoms with van der Waals surface area (Å²) >= 11 is 6.17. The quantitative estimate of drug-likeness (QED) is 0.681. The summed E-state index contributed by atoms with van der Waals surface area (Å²) in [6, 6.07) is 10.0. The standard InChI is InChI=1S/C19H21ClFNO5S2/c1-2-27-18-8-7-14(13-17(18)21)29(25,26)22-10-9-19(28(23,24)12-11-22)15-5-3-4-6-16(15)20/h3-8,13,19H,2,9-12H2,1H3. The number of ether oxygens (including phenoxy) is 1. The van der Waals surface area contributed by atoms with Crippen molar-refractivity contribution in [2.45, 2.75) is 23.5 Å². The van der Waals surface area contributed by atoms with Crippen molar-refractivity contribution in [3.05, 3.63) is 58.9 Å². The third-order valence-corrected chi connectivity index (χ3v) is 9.14. The van der Waals surface area contributed by atoms with E-state index in [1.54, 1.807) is 31.2 Å². The molecule has 0 radical (unpaired) electrons. The second-order valence-corrected chi connectivity index (χ2v) is 11.2. The van der Waals surface area contributed by atoms with Gasteiger partial charge in [-0.1, -0.05) is 29.8 Å². The lowest BCUT2D eigenvalue weighted by atomic mass is 10.1. The second-order valence-electron chi connectivity index (χ2n) is 6.60. The highest BCUT2D eigenvalue weighted by atomic mass is 35.5. The number of hydrogen-bond acceptors (Lipinski definition) is 5. The molecule has 29 heavy (non-hydrogen) atoms. The molecule has 0 aromatic heterocycles. The normalized spacial score (nSPS) is 20.2. The minimum atomic E-state index is -4.07. The first-order chi connectivity index (χ1) is 13.7. The van der Waals surface area contributed by atoms with Gasteiger partial charge in [-0.2, -0.15) is 4.31 Å². The minimum absolute atomic E-state index is 0.0215. The Balaban J connectivity index is 1.89. The molecule has 2 aromatic carbocycles. The summed E-state index contributed by atoms with van der Waals surface area (Å²) in [5.41, 5.74) is 0.459. The average Bonchev–Trinajstić information content (AvgIpc) is 2.82. The Labute approximate surface area is 175 Å². The first-order valence-electron chi connectivity index (χ1n) is 9.05. The van der Waals surface area contributed by atoms with Gasteiger partial charge in [-0.3, -0.25) is 0 Å². The summed E-state index contributed by atoms with van der Waals surface area (Å²) in [5.74, 6) is -1.17. The molecule has 0 saturated carbocycles. The Kier molecular flexibility index (Phi) is 6.52. The van der Waals surface area contributed by atoms with Crippen molar-refractivity contribution in [1.29, 1.82) is 0 Å². The molecule has 1 fully saturated rings. The molecule has 3 rings (SSSR count). The number of nitrogens with zero attached hydrogens (tertiary/aromatic N) is 1. The van der Waals surface area contributed by atoms with Gasteiger partial charge in [-0.25, -0.2) is 21.2 Å². The van der Waals surface area contributed by atoms with Crippen LogP contribution in [0.4, 0.5) is 4.39 Å². The lowest BCUT2D eigenvalue weighted by molar-refractivity contribution is 0.321. The molecule has 10 heteroatoms. The van der Waals surface area contributed by atoms with Crippen molar-refractivity contribution in [3.8, 4) is 5.75 Å². The topological polar surface area (TPSA) is 80.8 Å². The Bertz CT molecular complexity index is 1110. The molecule has 158 valence electrons. The summed E-state index contributed by atoms with van der Waals surface area (Å²) < 4.78 is 71.8. The van der Waals surface area contributed by atoms with Crippen LogP contribution < -0.4 is 4.74 Å². The van der Waals surface area contributed by atoms with Crippen LogP contribution in [0.25, 0.3) is 0 Å². The van der Waals surface area contributed by atoms with Crippen molar-refractivity contribution >= 4 is 31.5 Å². The molecular formula is C19H21ClFNO5S2. The highest BCUT2D eigenvalue weighted by Gasteiger charge is 2.36. The van der Waals surface area contributed by atoms with Crippen molar-refractivity contribution < 1.29 is 26.0 Å². The monoisotopic (exact) mass is 461 g/mol. The van der Waals surface area contributed by atoms with Crippen LogP contribution in [0.15, 0.2) is 47.4 Å². The number of benzene rings is 2. The molecule has 0 amide bonds. The molecule has 1 saturated heterocycles. The third kappa shape index (κ3) is 4.58. The average molecular weight is 462 g/mol. The molecule has 0 aliphatic carbocycles. The van der Waals surface area contributed by atoms with Crippen LogP contribution in [0, 0.1) is 5.82 Å². The zero-order chi connectivity index (χ0) is 21.2. The second kappa shape index (κ2) is 8.59. The van der Waals surface area contributed by atoms with E-state index in [9.17, 15) is 21.2 Å². The fourth-order valence-electron chi connectivity index (χ4n) is 3.31. The molecule has 1 heterocycles. The molecule has 1 aliphatic rings. The molecule has 6 nitrogen and oxygen atoms in total. The first kappa shape index (κ1) is 22.0. The highest BCUT2D eigenvalue weighted by Crippen LogP contribution is 2.35. The van der Waals surface area contributed by atoms with Crippen LogP contribution in [0.1, 0.15) is 24.2 Å². The van der Waals surface area contributed by atoms with Gasteiger partial charge in [0.05, 0.1) is 22.5 Å². The van der Waals surface area contributed by atoms with Gasteiger partial charge >= 0.3 is 0 Å². The third-order valence-electron chi connectivity index (χ3n) is 4.79. The van der Waals surface area contributed by atoms with E-state index in [2.05, 4.69) is 0 Å². The zero-order valence-corrected chi connectivity index (χ0v) is 18.1. The van der Waals surface area contributed by atoms with Gasteiger partial charge < -0.3 is 4.74 Å². The molecule has 0 spiro atoms. The van der Waals surface area contributed by atoms with Crippen LogP contribution >= 0.6 is 11.6 Å². The smallest absolute Gasteiger partial charge is 0.243 e. The van der Waals surface area contributed by atoms with Crippen molar-refractivity contribution in [2.75, 3.05) is 25.4 Å². The summed E-state index contributed by atoms with van der Waals surface area (Å²) in [6.45, 7) is 1.71. The van der Waals surface area contributed by atoms with E-state index in [4.69, 9.17) is 16.3 Å². The summed E-state index contributed by atoms with van der Waals surface area (Å²) in [7, 11) is -7.68. The number of rotatable bonds is 5. The lowest BCUT2D eigenvalue weighted by Gasteiger charge is -2.20. The number of hydrogen-bond donors (Lipinski definition) is 0. The maximum Gasteiger partial charge on any atom is 0.243 e. The zero-order valence-electron chi connectivity index (χ0n) is 15.7. The van der Waals surface area contributed by atoms with E-state index in [0.717, 1.165) is 10.4 Å². The van der Waals surface area contributed by atoms with E-state index < -0.39 is 30.9 Å². The maximum absolute atomic E-state index is 14.1. The lowest BCUT2D eigenvalue weighted by Crippen LogP contribution is -2.33. The van der Waals surface area contributed by atoms with E-state index in [-0.39, 0.29) is 42.5 Å². The molecular weight excluding hydrogens is 441 g/mol. The van der Waals surface area contributed by atoms with Crippen LogP contribution in [0.2, 0.25) is 5.02 Å². The van der Waals surface area contributed by atoms with Gasteiger partial charge in [0.1, 0.15) is 0 Å². The van der Waals surface area contributed by atoms with Gasteiger partial charge in [-0.15, -0.1) is 0 Å². The van der Waals surface area contributed by atoms with E-state index in [1.807, 2.05) is 0 Å². The van der Waals surface area contributed by atoms with Gasteiger partial charge in [-0.05, 0) is 43.2 Å². The Hall–Kier alpha value is -1.68. The van der Waals surface area contributed by atoms with E-state index in [1.165, 1.54) is 12.1 Å². The van der Waals surface area contributed by atoms with Crippen LogP contribution in [-0.2, 0) is 19.9 Å². The summed E-state index contributed by atoms with van der Waals surface area (Å²) in [4.78, 5) is -0.243. The molecule has 1 unspecified atom stereocenters. The predicted molar refractivity (Wildman–Crippen MR) is 109 cm³/mol. The summed E-state index contributed by atoms with van der Waals surface area (Å²) in [6.07, 6.45) is 0.0603. The van der Waals surface area contributed by atoms with Crippen molar-refractivity contribution in [2.24, 2.45) is 0 Å². The maximum atomic E-state index is 14.1. The molecule has 1 aliphatic heterocycles. The van der Waals surface area contributed by atoms with Crippen molar-refractivity contribution in [1.82, 2.24) is 4.31 Å². The Morgan fingerprint density at radius 1 is 1.21 bits per heavy atom.